The summed E-state index contributed by atoms with van der Waals surface area (Å²) in [6, 6.07) is 11.0. The van der Waals surface area contributed by atoms with E-state index >= 15 is 0 Å². The van der Waals surface area contributed by atoms with E-state index in [4.69, 9.17) is 9.47 Å². The third kappa shape index (κ3) is 3.52. The molecule has 2 aromatic carbocycles. The third-order valence-corrected chi connectivity index (χ3v) is 5.30. The topological polar surface area (TPSA) is 81.9 Å². The molecular formula is C21H22N2O5. The van der Waals surface area contributed by atoms with E-state index in [1.165, 1.54) is 23.3 Å². The first-order valence-corrected chi connectivity index (χ1v) is 9.47. The molecule has 2 aliphatic heterocycles. The summed E-state index contributed by atoms with van der Waals surface area (Å²) in [5.74, 6) is 0.334. The number of non-ortho nitro benzene ring substituents is 1. The van der Waals surface area contributed by atoms with Crippen LogP contribution < -0.4 is 9.47 Å². The number of amides is 1. The molecule has 7 heteroatoms. The minimum Gasteiger partial charge on any atom is -0.486 e. The van der Waals surface area contributed by atoms with E-state index in [2.05, 4.69) is 24.3 Å². The largest absolute Gasteiger partial charge is 0.486 e. The van der Waals surface area contributed by atoms with Gasteiger partial charge in [-0.25, -0.2) is 0 Å². The van der Waals surface area contributed by atoms with Gasteiger partial charge in [0, 0.05) is 18.7 Å². The number of hydrogen-bond acceptors (Lipinski definition) is 5. The molecule has 2 aromatic rings. The van der Waals surface area contributed by atoms with Crippen LogP contribution in [0.2, 0.25) is 0 Å². The number of fused-ring (bicyclic) bond motifs is 1. The fourth-order valence-electron chi connectivity index (χ4n) is 3.87. The SMILES string of the molecule is Cc1ccc(CC2CCCN2C(=O)c2cc([N+](=O)[O-])cc3c2OCCO3)cc1. The number of carbonyl (C=O) groups is 1. The van der Waals surface area contributed by atoms with E-state index in [-0.39, 0.29) is 28.9 Å². The van der Waals surface area contributed by atoms with E-state index in [0.717, 1.165) is 19.3 Å². The highest BCUT2D eigenvalue weighted by molar-refractivity contribution is 5.99. The maximum Gasteiger partial charge on any atom is 0.274 e. The van der Waals surface area contributed by atoms with Gasteiger partial charge in [0.1, 0.15) is 13.2 Å². The summed E-state index contributed by atoms with van der Waals surface area (Å²) >= 11 is 0. The standard InChI is InChI=1S/C21H22N2O5/c1-14-4-6-15(7-5-14)11-16-3-2-8-22(16)21(24)18-12-17(23(25)26)13-19-20(18)28-10-9-27-19/h4-7,12-13,16H,2-3,8-11H2,1H3. The zero-order valence-electron chi connectivity index (χ0n) is 15.7. The van der Waals surface area contributed by atoms with Crippen molar-refractivity contribution in [1.82, 2.24) is 4.90 Å². The van der Waals surface area contributed by atoms with Crippen LogP contribution in [0.1, 0.15) is 34.3 Å². The molecule has 1 saturated heterocycles. The van der Waals surface area contributed by atoms with Gasteiger partial charge in [-0.2, -0.15) is 0 Å². The van der Waals surface area contributed by atoms with Crippen molar-refractivity contribution in [3.8, 4) is 11.5 Å². The first-order chi connectivity index (χ1) is 13.5. The maximum absolute atomic E-state index is 13.3. The van der Waals surface area contributed by atoms with Crippen molar-refractivity contribution < 1.29 is 19.2 Å². The van der Waals surface area contributed by atoms with Gasteiger partial charge < -0.3 is 14.4 Å². The molecule has 4 rings (SSSR count). The van der Waals surface area contributed by atoms with Gasteiger partial charge >= 0.3 is 0 Å². The van der Waals surface area contributed by atoms with Crippen LogP contribution in [-0.4, -0.2) is 41.5 Å². The number of nitrogens with zero attached hydrogens (tertiary/aromatic N) is 2. The Kier molecular flexibility index (Phi) is 4.90. The van der Waals surface area contributed by atoms with Crippen LogP contribution in [0, 0.1) is 17.0 Å². The van der Waals surface area contributed by atoms with Gasteiger partial charge in [-0.3, -0.25) is 14.9 Å². The molecule has 0 saturated carbocycles. The van der Waals surface area contributed by atoms with Crippen molar-refractivity contribution in [3.05, 3.63) is 63.2 Å². The number of ether oxygens (including phenoxy) is 2. The molecule has 2 heterocycles. The molecule has 0 spiro atoms. The molecule has 0 aromatic heterocycles. The summed E-state index contributed by atoms with van der Waals surface area (Å²) < 4.78 is 11.1. The van der Waals surface area contributed by atoms with Gasteiger partial charge in [0.2, 0.25) is 0 Å². The lowest BCUT2D eigenvalue weighted by Gasteiger charge is -2.27. The van der Waals surface area contributed by atoms with E-state index in [1.54, 1.807) is 0 Å². The summed E-state index contributed by atoms with van der Waals surface area (Å²) in [4.78, 5) is 25.9. The molecule has 7 nitrogen and oxygen atoms in total. The Morgan fingerprint density at radius 3 is 2.71 bits per heavy atom. The van der Waals surface area contributed by atoms with E-state index < -0.39 is 4.92 Å². The summed E-state index contributed by atoms with van der Waals surface area (Å²) in [7, 11) is 0. The predicted molar refractivity (Wildman–Crippen MR) is 103 cm³/mol. The summed E-state index contributed by atoms with van der Waals surface area (Å²) in [5.41, 5.74) is 2.42. The molecule has 146 valence electrons. The highest BCUT2D eigenvalue weighted by Gasteiger charge is 2.34. The average molecular weight is 382 g/mol. The Morgan fingerprint density at radius 1 is 1.21 bits per heavy atom. The van der Waals surface area contributed by atoms with E-state index in [0.29, 0.717) is 25.5 Å². The van der Waals surface area contributed by atoms with Crippen LogP contribution in [-0.2, 0) is 6.42 Å². The lowest BCUT2D eigenvalue weighted by Crippen LogP contribution is -2.37. The highest BCUT2D eigenvalue weighted by Crippen LogP contribution is 2.39. The molecule has 1 unspecified atom stereocenters. The molecule has 1 amide bonds. The van der Waals surface area contributed by atoms with Crippen molar-refractivity contribution in [3.63, 3.8) is 0 Å². The van der Waals surface area contributed by atoms with Crippen molar-refractivity contribution in [2.24, 2.45) is 0 Å². The van der Waals surface area contributed by atoms with Crippen LogP contribution in [0.5, 0.6) is 11.5 Å². The van der Waals surface area contributed by atoms with Crippen LogP contribution in [0.25, 0.3) is 0 Å². The highest BCUT2D eigenvalue weighted by atomic mass is 16.6. The van der Waals surface area contributed by atoms with Crippen molar-refractivity contribution in [1.29, 1.82) is 0 Å². The summed E-state index contributed by atoms with van der Waals surface area (Å²) in [6.07, 6.45) is 2.59. The zero-order chi connectivity index (χ0) is 19.7. The summed E-state index contributed by atoms with van der Waals surface area (Å²) in [6.45, 7) is 3.30. The van der Waals surface area contributed by atoms with Crippen molar-refractivity contribution >= 4 is 11.6 Å². The second-order valence-electron chi connectivity index (χ2n) is 7.26. The van der Waals surface area contributed by atoms with E-state index in [9.17, 15) is 14.9 Å². The van der Waals surface area contributed by atoms with E-state index in [1.807, 2.05) is 11.8 Å². The minimum absolute atomic E-state index is 0.0645. The first kappa shape index (κ1) is 18.3. The second kappa shape index (κ2) is 7.50. The summed E-state index contributed by atoms with van der Waals surface area (Å²) in [5, 5.41) is 11.3. The van der Waals surface area contributed by atoms with Crippen molar-refractivity contribution in [2.75, 3.05) is 19.8 Å². The Balaban J connectivity index is 1.63. The fraction of sp³-hybridized carbons (Fsp3) is 0.381. The number of likely N-dealkylation sites (tertiary alicyclic amines) is 1. The van der Waals surface area contributed by atoms with Crippen LogP contribution >= 0.6 is 0 Å². The smallest absolute Gasteiger partial charge is 0.274 e. The predicted octanol–water partition coefficient (Wildman–Crippen LogP) is 3.52. The lowest BCUT2D eigenvalue weighted by atomic mass is 10.0. The normalized spacial score (nSPS) is 18.2. The van der Waals surface area contributed by atoms with Crippen LogP contribution in [0.15, 0.2) is 36.4 Å². The maximum atomic E-state index is 13.3. The monoisotopic (exact) mass is 382 g/mol. The number of rotatable bonds is 4. The number of benzene rings is 2. The molecule has 0 aliphatic carbocycles. The van der Waals surface area contributed by atoms with Gasteiger partial charge in [0.25, 0.3) is 11.6 Å². The number of nitro groups is 1. The van der Waals surface area contributed by atoms with Crippen LogP contribution in [0.4, 0.5) is 5.69 Å². The average Bonchev–Trinajstić information content (AvgIpc) is 3.16. The Bertz CT molecular complexity index is 910. The second-order valence-corrected chi connectivity index (χ2v) is 7.26. The molecule has 2 aliphatic rings. The number of hydrogen-bond donors (Lipinski definition) is 0. The Labute approximate surface area is 163 Å². The molecule has 1 atom stereocenters. The number of nitro benzene ring substituents is 1. The van der Waals surface area contributed by atoms with Crippen LogP contribution in [0.3, 0.4) is 0 Å². The molecule has 0 bridgehead atoms. The molecule has 0 N–H and O–H groups in total. The Hall–Kier alpha value is -3.09. The van der Waals surface area contributed by atoms with Gasteiger partial charge in [-0.1, -0.05) is 29.8 Å². The van der Waals surface area contributed by atoms with Gasteiger partial charge in [0.15, 0.2) is 11.5 Å². The first-order valence-electron chi connectivity index (χ1n) is 9.47. The Morgan fingerprint density at radius 2 is 1.96 bits per heavy atom. The van der Waals surface area contributed by atoms with Gasteiger partial charge in [-0.05, 0) is 31.7 Å². The third-order valence-electron chi connectivity index (χ3n) is 5.30. The fourth-order valence-corrected chi connectivity index (χ4v) is 3.87. The van der Waals surface area contributed by atoms with Gasteiger partial charge in [0.05, 0.1) is 16.6 Å². The molecule has 28 heavy (non-hydrogen) atoms. The number of carbonyl (C=O) groups excluding carboxylic acids is 1. The molecule has 1 fully saturated rings. The quantitative estimate of drug-likeness (QED) is 0.597. The van der Waals surface area contributed by atoms with Gasteiger partial charge in [-0.15, -0.1) is 0 Å². The number of aryl methyl sites for hydroxylation is 1. The van der Waals surface area contributed by atoms with Crippen molar-refractivity contribution in [2.45, 2.75) is 32.2 Å². The molecule has 0 radical (unpaired) electrons. The molecular weight excluding hydrogens is 360 g/mol. The lowest BCUT2D eigenvalue weighted by molar-refractivity contribution is -0.385. The zero-order valence-corrected chi connectivity index (χ0v) is 15.7. The minimum atomic E-state index is -0.511.